The number of hydrogen-bond acceptors (Lipinski definition) is 15. The van der Waals surface area contributed by atoms with Crippen molar-refractivity contribution in [2.45, 2.75) is 342 Å². The quantitative estimate of drug-likeness (QED) is 0.0222. The highest BCUT2D eigenvalue weighted by Gasteiger charge is 2.30. The summed E-state index contributed by atoms with van der Waals surface area (Å²) < 4.78 is 68.0. The van der Waals surface area contributed by atoms with Crippen molar-refractivity contribution in [2.24, 2.45) is 11.8 Å². The normalized spacial score (nSPS) is 14.6. The second-order valence-corrected chi connectivity index (χ2v) is 27.1. The van der Waals surface area contributed by atoms with Gasteiger partial charge in [-0.2, -0.15) is 0 Å². The molecule has 0 saturated heterocycles. The van der Waals surface area contributed by atoms with Crippen molar-refractivity contribution in [3.05, 3.63) is 0 Å². The van der Waals surface area contributed by atoms with Gasteiger partial charge in [0.2, 0.25) is 0 Å². The van der Waals surface area contributed by atoms with Crippen LogP contribution < -0.4 is 0 Å². The molecular weight excluding hydrogens is 1110 g/mol. The molecule has 0 aromatic heterocycles. The molecule has 0 saturated carbocycles. The van der Waals surface area contributed by atoms with Gasteiger partial charge in [-0.1, -0.05) is 273 Å². The minimum atomic E-state index is -4.95. The van der Waals surface area contributed by atoms with E-state index in [0.717, 1.165) is 102 Å². The number of phosphoric ester groups is 2. The van der Waals surface area contributed by atoms with Gasteiger partial charge < -0.3 is 33.8 Å². The molecule has 19 heteroatoms. The van der Waals surface area contributed by atoms with Gasteiger partial charge in [-0.25, -0.2) is 9.13 Å². The van der Waals surface area contributed by atoms with E-state index in [9.17, 15) is 43.2 Å². The van der Waals surface area contributed by atoms with Crippen LogP contribution in [0.25, 0.3) is 0 Å². The predicted molar refractivity (Wildman–Crippen MR) is 335 cm³/mol. The molecule has 0 aromatic carbocycles. The summed E-state index contributed by atoms with van der Waals surface area (Å²) in [6, 6.07) is 0. The van der Waals surface area contributed by atoms with Crippen LogP contribution in [0.4, 0.5) is 0 Å². The molecule has 6 atom stereocenters. The maximum absolute atomic E-state index is 13.0. The molecule has 0 aliphatic carbocycles. The van der Waals surface area contributed by atoms with Gasteiger partial charge in [0.05, 0.1) is 26.4 Å². The van der Waals surface area contributed by atoms with Gasteiger partial charge in [0, 0.05) is 25.7 Å². The van der Waals surface area contributed by atoms with Gasteiger partial charge >= 0.3 is 39.5 Å². The number of hydrogen-bond donors (Lipinski definition) is 3. The molecule has 0 aromatic rings. The zero-order valence-corrected chi connectivity index (χ0v) is 56.0. The van der Waals surface area contributed by atoms with E-state index in [1.807, 2.05) is 0 Å². The van der Waals surface area contributed by atoms with Crippen LogP contribution in [-0.4, -0.2) is 96.7 Å². The first-order chi connectivity index (χ1) is 40.4. The molecule has 17 nitrogen and oxygen atoms in total. The third kappa shape index (κ3) is 57.8. The first-order valence-electron chi connectivity index (χ1n) is 34.0. The van der Waals surface area contributed by atoms with E-state index in [-0.39, 0.29) is 25.7 Å². The molecule has 3 unspecified atom stereocenters. The lowest BCUT2D eigenvalue weighted by molar-refractivity contribution is -0.161. The maximum atomic E-state index is 13.0. The summed E-state index contributed by atoms with van der Waals surface area (Å²) in [5, 5.41) is 10.5. The largest absolute Gasteiger partial charge is 0.472 e. The Balaban J connectivity index is 5.25. The molecule has 0 heterocycles. The van der Waals surface area contributed by atoms with E-state index in [1.165, 1.54) is 141 Å². The first kappa shape index (κ1) is 82.1. The highest BCUT2D eigenvalue weighted by Crippen LogP contribution is 2.45. The third-order valence-electron chi connectivity index (χ3n) is 15.3. The smallest absolute Gasteiger partial charge is 0.462 e. The van der Waals surface area contributed by atoms with E-state index in [4.69, 9.17) is 37.0 Å². The zero-order chi connectivity index (χ0) is 62.2. The van der Waals surface area contributed by atoms with Crippen LogP contribution in [0.5, 0.6) is 0 Å². The Hall–Kier alpha value is -1.94. The van der Waals surface area contributed by atoms with E-state index >= 15 is 0 Å². The molecule has 0 spiro atoms. The van der Waals surface area contributed by atoms with Crippen LogP contribution in [0.1, 0.15) is 324 Å². The van der Waals surface area contributed by atoms with E-state index in [2.05, 4.69) is 41.5 Å². The van der Waals surface area contributed by atoms with Crippen LogP contribution in [0.2, 0.25) is 0 Å². The fourth-order valence-corrected chi connectivity index (χ4v) is 11.3. The standard InChI is InChI=1S/C65H126O17P2/c1-7-10-12-14-16-18-23-31-37-43-49-64(69)81-60(53-75-62(67)47-41-35-29-21-17-15-13-11-8-2)55-79-83(71,72)77-51-59(66)52-78-84(73,74)80-56-61(54-76-63(68)48-42-36-30-26-25-28-34-40-46-58(6)9-3)82-65(70)50-44-38-32-24-20-19-22-27-33-39-45-57(4)5/h57-61,66H,7-56H2,1-6H3,(H,71,72)(H,73,74)/t58?,59-,60+,61+/m0/s1. The molecule has 0 aliphatic heterocycles. The second-order valence-electron chi connectivity index (χ2n) is 24.2. The fraction of sp³-hybridized carbons (Fsp3) is 0.938. The Kier molecular flexibility index (Phi) is 56.2. The lowest BCUT2D eigenvalue weighted by atomic mass is 9.99. The summed E-state index contributed by atoms with van der Waals surface area (Å²) in [6.45, 7) is 9.47. The van der Waals surface area contributed by atoms with Crippen molar-refractivity contribution in [2.75, 3.05) is 39.6 Å². The molecule has 0 rings (SSSR count). The van der Waals surface area contributed by atoms with Gasteiger partial charge in [-0.3, -0.25) is 37.3 Å². The summed E-state index contributed by atoms with van der Waals surface area (Å²) in [7, 11) is -9.89. The van der Waals surface area contributed by atoms with Crippen molar-refractivity contribution in [3.63, 3.8) is 0 Å². The molecule has 0 bridgehead atoms. The molecular formula is C65H126O17P2. The van der Waals surface area contributed by atoms with Crippen molar-refractivity contribution < 1.29 is 80.2 Å². The molecule has 498 valence electrons. The molecule has 84 heavy (non-hydrogen) atoms. The predicted octanol–water partition coefficient (Wildman–Crippen LogP) is 18.0. The molecule has 0 radical (unpaired) electrons. The topological polar surface area (TPSA) is 237 Å². The SMILES string of the molecule is CCCCCCCCCCCCC(=O)O[C@H](COC(=O)CCCCCCCCCCC)COP(=O)(O)OC[C@H](O)COP(=O)(O)OC[C@@H](COC(=O)CCCCCCCCCCC(C)CC)OC(=O)CCCCCCCCCCCCC(C)C. The highest BCUT2D eigenvalue weighted by atomic mass is 31.2. The number of carbonyl (C=O) groups excluding carboxylic acids is 4. The zero-order valence-electron chi connectivity index (χ0n) is 54.2. The van der Waals surface area contributed by atoms with Gasteiger partial charge in [-0.05, 0) is 37.5 Å². The first-order valence-corrected chi connectivity index (χ1v) is 37.0. The monoisotopic (exact) mass is 1240 g/mol. The maximum Gasteiger partial charge on any atom is 0.472 e. The Labute approximate surface area is 511 Å². The van der Waals surface area contributed by atoms with Gasteiger partial charge in [-0.15, -0.1) is 0 Å². The van der Waals surface area contributed by atoms with Crippen LogP contribution >= 0.6 is 15.6 Å². The number of aliphatic hydroxyl groups excluding tert-OH is 1. The number of phosphoric acid groups is 2. The molecule has 3 N–H and O–H groups in total. The van der Waals surface area contributed by atoms with Crippen LogP contribution in [0.3, 0.4) is 0 Å². The van der Waals surface area contributed by atoms with Gasteiger partial charge in [0.15, 0.2) is 12.2 Å². The van der Waals surface area contributed by atoms with Crippen LogP contribution in [0.15, 0.2) is 0 Å². The summed E-state index contributed by atoms with van der Waals surface area (Å²) in [5.41, 5.74) is 0. The molecule has 0 fully saturated rings. The van der Waals surface area contributed by atoms with E-state index in [1.54, 1.807) is 0 Å². The van der Waals surface area contributed by atoms with E-state index < -0.39 is 97.5 Å². The number of esters is 4. The summed E-state index contributed by atoms with van der Waals surface area (Å²) >= 11 is 0. The molecule has 0 amide bonds. The summed E-state index contributed by atoms with van der Waals surface area (Å²) in [4.78, 5) is 72.2. The molecule has 0 aliphatic rings. The van der Waals surface area contributed by atoms with E-state index in [0.29, 0.717) is 25.7 Å². The Bertz CT molecular complexity index is 1650. The number of carbonyl (C=O) groups is 4. The Morgan fingerprint density at radius 3 is 0.905 bits per heavy atom. The summed E-state index contributed by atoms with van der Waals surface area (Å²) in [6.07, 6.45) is 40.2. The highest BCUT2D eigenvalue weighted by molar-refractivity contribution is 7.47. The van der Waals surface area contributed by atoms with Crippen molar-refractivity contribution >= 4 is 39.5 Å². The van der Waals surface area contributed by atoms with Crippen LogP contribution in [0, 0.1) is 11.8 Å². The number of unbranched alkanes of at least 4 members (excludes halogenated alkanes) is 33. The lowest BCUT2D eigenvalue weighted by Gasteiger charge is -2.21. The van der Waals surface area contributed by atoms with Crippen molar-refractivity contribution in [1.29, 1.82) is 0 Å². The third-order valence-corrected chi connectivity index (χ3v) is 17.2. The average Bonchev–Trinajstić information content (AvgIpc) is 3.52. The summed E-state index contributed by atoms with van der Waals surface area (Å²) in [5.74, 6) is -0.603. The average molecular weight is 1240 g/mol. The fourth-order valence-electron chi connectivity index (χ4n) is 9.68. The van der Waals surface area contributed by atoms with Gasteiger partial charge in [0.1, 0.15) is 19.3 Å². The number of rotatable bonds is 64. The minimum absolute atomic E-state index is 0.105. The van der Waals surface area contributed by atoms with Crippen molar-refractivity contribution in [3.8, 4) is 0 Å². The second kappa shape index (κ2) is 57.5. The number of ether oxygens (including phenoxy) is 4. The van der Waals surface area contributed by atoms with Gasteiger partial charge in [0.25, 0.3) is 0 Å². The number of aliphatic hydroxyl groups is 1. The lowest BCUT2D eigenvalue weighted by Crippen LogP contribution is -2.30. The Morgan fingerprint density at radius 1 is 0.345 bits per heavy atom. The van der Waals surface area contributed by atoms with Crippen molar-refractivity contribution in [1.82, 2.24) is 0 Å². The Morgan fingerprint density at radius 2 is 0.607 bits per heavy atom. The van der Waals surface area contributed by atoms with Crippen LogP contribution in [-0.2, 0) is 65.4 Å². The minimum Gasteiger partial charge on any atom is -0.462 e.